The number of unbranched alkanes of at least 4 members (excludes halogenated alkanes) is 1. The Balaban J connectivity index is 2.35. The number of carbonyl (C=O) groups excluding carboxylic acids is 1. The van der Waals surface area contributed by atoms with Crippen LogP contribution in [0.2, 0.25) is 0 Å². The number of anilines is 2. The van der Waals surface area contributed by atoms with Crippen molar-refractivity contribution in [1.29, 1.82) is 0 Å². The largest absolute Gasteiger partial charge is 0.372 e. The molecule has 4 heteroatoms. The molecule has 1 aromatic rings. The van der Waals surface area contributed by atoms with Crippen molar-refractivity contribution in [3.05, 3.63) is 22.7 Å². The molecule has 0 radical (unpaired) electrons. The number of benzene rings is 1. The normalized spacial score (nSPS) is 18.5. The summed E-state index contributed by atoms with van der Waals surface area (Å²) in [6.45, 7) is 4.99. The number of nitrogens with zero attached hydrogens (tertiary/aromatic N) is 1. The molecule has 0 aromatic heterocycles. The molecule has 0 fully saturated rings. The van der Waals surface area contributed by atoms with Gasteiger partial charge in [-0.05, 0) is 31.0 Å². The van der Waals surface area contributed by atoms with Gasteiger partial charge in [0.15, 0.2) is 0 Å². The van der Waals surface area contributed by atoms with Crippen molar-refractivity contribution in [2.24, 2.45) is 0 Å². The molecule has 3 nitrogen and oxygen atoms in total. The number of fused-ring (bicyclic) bond motifs is 1. The van der Waals surface area contributed by atoms with Crippen LogP contribution in [0, 0.1) is 0 Å². The molecule has 2 rings (SSSR count). The Morgan fingerprint density at radius 1 is 1.39 bits per heavy atom. The zero-order valence-corrected chi connectivity index (χ0v) is 12.5. The van der Waals surface area contributed by atoms with Crippen LogP contribution in [0.1, 0.15) is 33.1 Å². The van der Waals surface area contributed by atoms with Crippen LogP contribution in [0.25, 0.3) is 0 Å². The fraction of sp³-hybridized carbons (Fsp3) is 0.500. The molecule has 1 aliphatic rings. The van der Waals surface area contributed by atoms with E-state index < -0.39 is 0 Å². The van der Waals surface area contributed by atoms with Crippen LogP contribution in [-0.4, -0.2) is 18.5 Å². The highest BCUT2D eigenvalue weighted by atomic mass is 79.9. The van der Waals surface area contributed by atoms with Gasteiger partial charge in [-0.2, -0.15) is 0 Å². The Morgan fingerprint density at radius 3 is 2.83 bits per heavy atom. The average molecular weight is 311 g/mol. The van der Waals surface area contributed by atoms with Gasteiger partial charge >= 0.3 is 0 Å². The van der Waals surface area contributed by atoms with Crippen LogP contribution in [0.4, 0.5) is 11.4 Å². The maximum atomic E-state index is 12.4. The van der Waals surface area contributed by atoms with Gasteiger partial charge in [-0.15, -0.1) is 0 Å². The van der Waals surface area contributed by atoms with E-state index in [2.05, 4.69) is 28.2 Å². The molecular weight excluding hydrogens is 292 g/mol. The molecule has 1 aliphatic heterocycles. The Morgan fingerprint density at radius 2 is 2.17 bits per heavy atom. The fourth-order valence-corrected chi connectivity index (χ4v) is 2.60. The number of hydrogen-bond acceptors (Lipinski definition) is 2. The van der Waals surface area contributed by atoms with E-state index in [0.29, 0.717) is 0 Å². The highest BCUT2D eigenvalue weighted by molar-refractivity contribution is 9.10. The van der Waals surface area contributed by atoms with Gasteiger partial charge in [-0.1, -0.05) is 36.2 Å². The van der Waals surface area contributed by atoms with Crippen molar-refractivity contribution in [3.8, 4) is 0 Å². The number of carbonyl (C=O) groups is 1. The van der Waals surface area contributed by atoms with E-state index in [-0.39, 0.29) is 11.9 Å². The van der Waals surface area contributed by atoms with Gasteiger partial charge in [-0.3, -0.25) is 4.79 Å². The van der Waals surface area contributed by atoms with Crippen molar-refractivity contribution < 1.29 is 4.79 Å². The molecule has 0 aliphatic carbocycles. The van der Waals surface area contributed by atoms with Crippen molar-refractivity contribution in [2.45, 2.75) is 39.2 Å². The maximum absolute atomic E-state index is 12.4. The Labute approximate surface area is 117 Å². The van der Waals surface area contributed by atoms with Gasteiger partial charge in [0.1, 0.15) is 6.04 Å². The second-order valence-corrected chi connectivity index (χ2v) is 5.53. The molecule has 0 saturated carbocycles. The summed E-state index contributed by atoms with van der Waals surface area (Å²) < 4.78 is 1.04. The third-order valence-corrected chi connectivity index (χ3v) is 3.78. The molecule has 0 saturated heterocycles. The Kier molecular flexibility index (Phi) is 4.27. The number of hydrogen-bond donors (Lipinski definition) is 1. The molecule has 0 spiro atoms. The van der Waals surface area contributed by atoms with Gasteiger partial charge in [0, 0.05) is 11.0 Å². The summed E-state index contributed by atoms with van der Waals surface area (Å²) in [4.78, 5) is 14.3. The zero-order valence-electron chi connectivity index (χ0n) is 10.9. The minimum atomic E-state index is -0.0938. The molecule has 1 atom stereocenters. The summed E-state index contributed by atoms with van der Waals surface area (Å²) in [7, 11) is 0. The first-order valence-corrected chi connectivity index (χ1v) is 7.34. The third kappa shape index (κ3) is 2.53. The first kappa shape index (κ1) is 13.4. The van der Waals surface area contributed by atoms with Crippen molar-refractivity contribution in [3.63, 3.8) is 0 Å². The monoisotopic (exact) mass is 310 g/mol. The Hall–Kier alpha value is -1.03. The molecule has 1 heterocycles. The van der Waals surface area contributed by atoms with E-state index in [1.165, 1.54) is 0 Å². The molecule has 1 amide bonds. The minimum absolute atomic E-state index is 0.0938. The molecule has 1 aromatic carbocycles. The molecular formula is C14H19BrN2O. The summed E-state index contributed by atoms with van der Waals surface area (Å²) in [6.07, 6.45) is 2.95. The van der Waals surface area contributed by atoms with Gasteiger partial charge < -0.3 is 10.2 Å². The topological polar surface area (TPSA) is 32.3 Å². The lowest BCUT2D eigenvalue weighted by atomic mass is 10.1. The molecule has 18 heavy (non-hydrogen) atoms. The summed E-state index contributed by atoms with van der Waals surface area (Å²) in [6, 6.07) is 5.94. The summed E-state index contributed by atoms with van der Waals surface area (Å²) in [5.41, 5.74) is 2.05. The third-order valence-electron chi connectivity index (χ3n) is 3.29. The first-order valence-electron chi connectivity index (χ1n) is 6.54. The number of nitrogens with one attached hydrogen (secondary N) is 1. The van der Waals surface area contributed by atoms with E-state index in [1.54, 1.807) is 0 Å². The van der Waals surface area contributed by atoms with E-state index in [4.69, 9.17) is 0 Å². The van der Waals surface area contributed by atoms with Crippen LogP contribution in [-0.2, 0) is 4.79 Å². The summed E-state index contributed by atoms with van der Waals surface area (Å²) in [5, 5.41) is 3.32. The van der Waals surface area contributed by atoms with Crippen molar-refractivity contribution in [2.75, 3.05) is 16.8 Å². The standard InChI is InChI=1S/C14H19BrN2O/c1-3-5-8-17-13-7-6-10(15)9-12(13)16-11(4-2)14(17)18/h6-7,9,11,16H,3-5,8H2,1-2H3. The fourth-order valence-electron chi connectivity index (χ4n) is 2.24. The van der Waals surface area contributed by atoms with E-state index >= 15 is 0 Å². The Bertz CT molecular complexity index is 447. The quantitative estimate of drug-likeness (QED) is 0.917. The van der Waals surface area contributed by atoms with Crippen molar-refractivity contribution >= 4 is 33.2 Å². The van der Waals surface area contributed by atoms with Crippen LogP contribution in [0.3, 0.4) is 0 Å². The smallest absolute Gasteiger partial charge is 0.249 e. The van der Waals surface area contributed by atoms with Crippen LogP contribution in [0.5, 0.6) is 0 Å². The lowest BCUT2D eigenvalue weighted by Gasteiger charge is -2.35. The highest BCUT2D eigenvalue weighted by Gasteiger charge is 2.30. The van der Waals surface area contributed by atoms with Gasteiger partial charge in [0.2, 0.25) is 5.91 Å². The predicted octanol–water partition coefficient (Wildman–Crippen LogP) is 3.79. The summed E-state index contributed by atoms with van der Waals surface area (Å²) >= 11 is 3.48. The number of amides is 1. The number of rotatable bonds is 4. The van der Waals surface area contributed by atoms with Crippen LogP contribution < -0.4 is 10.2 Å². The van der Waals surface area contributed by atoms with Crippen LogP contribution >= 0.6 is 15.9 Å². The molecule has 0 bridgehead atoms. The van der Waals surface area contributed by atoms with E-state index in [1.807, 2.05) is 30.0 Å². The van der Waals surface area contributed by atoms with E-state index in [9.17, 15) is 4.79 Å². The second-order valence-electron chi connectivity index (χ2n) is 4.61. The van der Waals surface area contributed by atoms with Gasteiger partial charge in [0.05, 0.1) is 11.4 Å². The molecule has 1 unspecified atom stereocenters. The minimum Gasteiger partial charge on any atom is -0.372 e. The highest BCUT2D eigenvalue weighted by Crippen LogP contribution is 2.34. The average Bonchev–Trinajstić information content (AvgIpc) is 2.37. The predicted molar refractivity (Wildman–Crippen MR) is 79.1 cm³/mol. The van der Waals surface area contributed by atoms with Crippen LogP contribution in [0.15, 0.2) is 22.7 Å². The van der Waals surface area contributed by atoms with Gasteiger partial charge in [0.25, 0.3) is 0 Å². The second kappa shape index (κ2) is 5.74. The van der Waals surface area contributed by atoms with Crippen molar-refractivity contribution in [1.82, 2.24) is 0 Å². The lowest BCUT2D eigenvalue weighted by molar-refractivity contribution is -0.119. The maximum Gasteiger partial charge on any atom is 0.249 e. The molecule has 1 N–H and O–H groups in total. The lowest BCUT2D eigenvalue weighted by Crippen LogP contribution is -2.47. The SMILES string of the molecule is CCCCN1C(=O)C(CC)Nc2cc(Br)ccc21. The zero-order chi connectivity index (χ0) is 13.1. The van der Waals surface area contributed by atoms with E-state index in [0.717, 1.165) is 41.7 Å². The first-order chi connectivity index (χ1) is 8.67. The molecule has 98 valence electrons. The summed E-state index contributed by atoms with van der Waals surface area (Å²) in [5.74, 6) is 0.195. The number of halogens is 1. The van der Waals surface area contributed by atoms with Gasteiger partial charge in [-0.25, -0.2) is 0 Å².